The molecule has 2 N–H and O–H groups in total. The van der Waals surface area contributed by atoms with Gasteiger partial charge in [-0.15, -0.1) is 5.10 Å². The Balaban J connectivity index is 2.42. The standard InChI is InChI=1S/C12H21N3O/c1-4-10(5-2)11(16)8-13-12-7-6-9(3)14-15-12/h6-7,10-11,16H,4-5,8H2,1-3H3,(H,13,15). The number of aliphatic hydroxyl groups is 1. The lowest BCUT2D eigenvalue weighted by Gasteiger charge is -2.20. The predicted molar refractivity (Wildman–Crippen MR) is 65.3 cm³/mol. The molecule has 0 fully saturated rings. The fraction of sp³-hybridized carbons (Fsp3) is 0.667. The predicted octanol–water partition coefficient (Wildman–Crippen LogP) is 1.99. The maximum absolute atomic E-state index is 9.91. The molecule has 0 spiro atoms. The Morgan fingerprint density at radius 2 is 1.94 bits per heavy atom. The average Bonchev–Trinajstić information content (AvgIpc) is 2.30. The summed E-state index contributed by atoms with van der Waals surface area (Å²) in [6.07, 6.45) is 1.68. The zero-order valence-corrected chi connectivity index (χ0v) is 10.3. The van der Waals surface area contributed by atoms with Crippen molar-refractivity contribution < 1.29 is 5.11 Å². The fourth-order valence-electron chi connectivity index (χ4n) is 1.70. The number of aromatic nitrogens is 2. The first-order valence-electron chi connectivity index (χ1n) is 5.89. The molecule has 0 radical (unpaired) electrons. The van der Waals surface area contributed by atoms with Gasteiger partial charge in [-0.3, -0.25) is 0 Å². The van der Waals surface area contributed by atoms with Crippen LogP contribution in [0.5, 0.6) is 0 Å². The van der Waals surface area contributed by atoms with Crippen LogP contribution in [0.15, 0.2) is 12.1 Å². The van der Waals surface area contributed by atoms with Gasteiger partial charge < -0.3 is 10.4 Å². The lowest BCUT2D eigenvalue weighted by atomic mass is 9.97. The van der Waals surface area contributed by atoms with E-state index in [9.17, 15) is 5.11 Å². The van der Waals surface area contributed by atoms with Crippen LogP contribution in [0.1, 0.15) is 32.4 Å². The number of hydrogen-bond donors (Lipinski definition) is 2. The molecule has 0 aliphatic rings. The van der Waals surface area contributed by atoms with E-state index >= 15 is 0 Å². The summed E-state index contributed by atoms with van der Waals surface area (Å²) in [5, 5.41) is 20.9. The Morgan fingerprint density at radius 3 is 2.44 bits per heavy atom. The Kier molecular flexibility index (Phi) is 5.19. The van der Waals surface area contributed by atoms with Crippen molar-refractivity contribution in [3.8, 4) is 0 Å². The van der Waals surface area contributed by atoms with Gasteiger partial charge in [0.05, 0.1) is 11.8 Å². The third kappa shape index (κ3) is 3.77. The van der Waals surface area contributed by atoms with Gasteiger partial charge in [0.2, 0.25) is 0 Å². The topological polar surface area (TPSA) is 58.0 Å². The lowest BCUT2D eigenvalue weighted by molar-refractivity contribution is 0.114. The molecule has 1 atom stereocenters. The van der Waals surface area contributed by atoms with E-state index in [1.807, 2.05) is 19.1 Å². The monoisotopic (exact) mass is 223 g/mol. The molecule has 0 aliphatic heterocycles. The molecule has 0 aromatic carbocycles. The lowest BCUT2D eigenvalue weighted by Crippen LogP contribution is -2.28. The highest BCUT2D eigenvalue weighted by Crippen LogP contribution is 2.13. The molecule has 90 valence electrons. The fourth-order valence-corrected chi connectivity index (χ4v) is 1.70. The first-order chi connectivity index (χ1) is 7.67. The molecule has 1 heterocycles. The van der Waals surface area contributed by atoms with Gasteiger partial charge in [-0.1, -0.05) is 26.7 Å². The van der Waals surface area contributed by atoms with Crippen LogP contribution in [0.2, 0.25) is 0 Å². The van der Waals surface area contributed by atoms with Crippen molar-refractivity contribution in [2.75, 3.05) is 11.9 Å². The van der Waals surface area contributed by atoms with Crippen LogP contribution in [-0.4, -0.2) is 28.0 Å². The Hall–Kier alpha value is -1.16. The van der Waals surface area contributed by atoms with Crippen molar-refractivity contribution in [1.29, 1.82) is 0 Å². The number of aliphatic hydroxyl groups excluding tert-OH is 1. The van der Waals surface area contributed by atoms with Gasteiger partial charge in [0.25, 0.3) is 0 Å². The number of anilines is 1. The third-order valence-electron chi connectivity index (χ3n) is 2.88. The van der Waals surface area contributed by atoms with Gasteiger partial charge in [0.1, 0.15) is 5.82 Å². The van der Waals surface area contributed by atoms with E-state index in [4.69, 9.17) is 0 Å². The van der Waals surface area contributed by atoms with E-state index in [2.05, 4.69) is 29.4 Å². The quantitative estimate of drug-likeness (QED) is 0.774. The molecule has 0 bridgehead atoms. The maximum Gasteiger partial charge on any atom is 0.148 e. The van der Waals surface area contributed by atoms with E-state index < -0.39 is 0 Å². The van der Waals surface area contributed by atoms with Crippen LogP contribution >= 0.6 is 0 Å². The smallest absolute Gasteiger partial charge is 0.148 e. The molecular formula is C12H21N3O. The van der Waals surface area contributed by atoms with Crippen molar-refractivity contribution >= 4 is 5.82 Å². The van der Waals surface area contributed by atoms with Crippen LogP contribution < -0.4 is 5.32 Å². The van der Waals surface area contributed by atoms with Crippen molar-refractivity contribution in [2.45, 2.75) is 39.7 Å². The first kappa shape index (κ1) is 12.9. The number of rotatable bonds is 6. The Labute approximate surface area is 97.1 Å². The Bertz CT molecular complexity index is 296. The van der Waals surface area contributed by atoms with Crippen molar-refractivity contribution in [1.82, 2.24) is 10.2 Å². The zero-order valence-electron chi connectivity index (χ0n) is 10.3. The van der Waals surface area contributed by atoms with Gasteiger partial charge in [-0.25, -0.2) is 0 Å². The number of nitrogens with zero attached hydrogens (tertiary/aromatic N) is 2. The molecule has 1 aromatic rings. The second kappa shape index (κ2) is 6.43. The van der Waals surface area contributed by atoms with Crippen LogP contribution in [0.4, 0.5) is 5.82 Å². The SMILES string of the molecule is CCC(CC)C(O)CNc1ccc(C)nn1. The van der Waals surface area contributed by atoms with Crippen LogP contribution in [0.25, 0.3) is 0 Å². The normalized spacial score (nSPS) is 12.8. The number of hydrogen-bond acceptors (Lipinski definition) is 4. The summed E-state index contributed by atoms with van der Waals surface area (Å²) in [7, 11) is 0. The van der Waals surface area contributed by atoms with Crippen molar-refractivity contribution in [3.63, 3.8) is 0 Å². The number of aryl methyl sites for hydroxylation is 1. The maximum atomic E-state index is 9.91. The molecule has 4 nitrogen and oxygen atoms in total. The average molecular weight is 223 g/mol. The summed E-state index contributed by atoms with van der Waals surface area (Å²) in [6.45, 7) is 6.63. The highest BCUT2D eigenvalue weighted by molar-refractivity contribution is 5.32. The Morgan fingerprint density at radius 1 is 1.25 bits per heavy atom. The molecule has 0 saturated carbocycles. The van der Waals surface area contributed by atoms with Gasteiger partial charge in [-0.2, -0.15) is 5.10 Å². The molecule has 4 heteroatoms. The van der Waals surface area contributed by atoms with Gasteiger partial charge in [0.15, 0.2) is 0 Å². The largest absolute Gasteiger partial charge is 0.391 e. The second-order valence-corrected chi connectivity index (χ2v) is 4.08. The van der Waals surface area contributed by atoms with E-state index in [1.54, 1.807) is 0 Å². The summed E-state index contributed by atoms with van der Waals surface area (Å²) in [6, 6.07) is 3.78. The molecule has 0 aliphatic carbocycles. The third-order valence-corrected chi connectivity index (χ3v) is 2.88. The molecule has 1 aromatic heterocycles. The van der Waals surface area contributed by atoms with Crippen molar-refractivity contribution in [3.05, 3.63) is 17.8 Å². The molecule has 0 amide bonds. The van der Waals surface area contributed by atoms with E-state index in [-0.39, 0.29) is 6.10 Å². The van der Waals surface area contributed by atoms with Gasteiger partial charge in [0, 0.05) is 6.54 Å². The summed E-state index contributed by atoms with van der Waals surface area (Å²) in [5.41, 5.74) is 0.895. The zero-order chi connectivity index (χ0) is 12.0. The number of nitrogens with one attached hydrogen (secondary N) is 1. The van der Waals surface area contributed by atoms with E-state index in [1.165, 1.54) is 0 Å². The summed E-state index contributed by atoms with van der Waals surface area (Å²) >= 11 is 0. The van der Waals surface area contributed by atoms with E-state index in [0.717, 1.165) is 24.4 Å². The van der Waals surface area contributed by atoms with Crippen LogP contribution in [-0.2, 0) is 0 Å². The molecular weight excluding hydrogens is 202 g/mol. The highest BCUT2D eigenvalue weighted by Gasteiger charge is 2.14. The van der Waals surface area contributed by atoms with Gasteiger partial charge in [-0.05, 0) is 25.0 Å². The minimum Gasteiger partial charge on any atom is -0.391 e. The molecule has 0 saturated heterocycles. The molecule has 16 heavy (non-hydrogen) atoms. The highest BCUT2D eigenvalue weighted by atomic mass is 16.3. The summed E-state index contributed by atoms with van der Waals surface area (Å²) in [5.74, 6) is 1.07. The molecule has 1 rings (SSSR count). The van der Waals surface area contributed by atoms with Crippen LogP contribution in [0, 0.1) is 12.8 Å². The summed E-state index contributed by atoms with van der Waals surface area (Å²) < 4.78 is 0. The van der Waals surface area contributed by atoms with Gasteiger partial charge >= 0.3 is 0 Å². The summed E-state index contributed by atoms with van der Waals surface area (Å²) in [4.78, 5) is 0. The van der Waals surface area contributed by atoms with E-state index in [0.29, 0.717) is 12.5 Å². The minimum absolute atomic E-state index is 0.321. The van der Waals surface area contributed by atoms with Crippen molar-refractivity contribution in [2.24, 2.45) is 5.92 Å². The first-order valence-corrected chi connectivity index (χ1v) is 5.89. The van der Waals surface area contributed by atoms with Crippen LogP contribution in [0.3, 0.4) is 0 Å². The minimum atomic E-state index is -0.321. The second-order valence-electron chi connectivity index (χ2n) is 4.08. The molecule has 1 unspecified atom stereocenters.